The van der Waals surface area contributed by atoms with Crippen LogP contribution in [0, 0.1) is 13.3 Å². The van der Waals surface area contributed by atoms with Crippen LogP contribution < -0.4 is 99.6 Å². The largest absolute Gasteiger partial charge is 1.00 e. The number of rotatable bonds is 54. The van der Waals surface area contributed by atoms with Crippen LogP contribution in [0.4, 0.5) is 0 Å². The van der Waals surface area contributed by atoms with Gasteiger partial charge in [0.05, 0.1) is 65.9 Å². The molecule has 4 aromatic carbocycles. The molecule has 0 aromatic heterocycles. The number of methoxy groups -OCH3 is 3. The van der Waals surface area contributed by atoms with E-state index < -0.39 is 33.9 Å². The van der Waals surface area contributed by atoms with Gasteiger partial charge < -0.3 is 112 Å². The van der Waals surface area contributed by atoms with Crippen molar-refractivity contribution in [3.63, 3.8) is 0 Å². The van der Waals surface area contributed by atoms with Crippen molar-refractivity contribution in [2.45, 2.75) is 301 Å². The summed E-state index contributed by atoms with van der Waals surface area (Å²) in [5, 5.41) is 4.19. The molecular weight excluding hydrogens is 1850 g/mol. The molecule has 0 saturated heterocycles. The van der Waals surface area contributed by atoms with Crippen LogP contribution in [0.2, 0.25) is 36.3 Å². The Hall–Kier alpha value is -2.17. The summed E-state index contributed by atoms with van der Waals surface area (Å²) in [4.78, 5) is 45.1. The van der Waals surface area contributed by atoms with E-state index in [-0.39, 0.29) is 193 Å². The minimum absolute atomic E-state index is 0. The van der Waals surface area contributed by atoms with Gasteiger partial charge in [0.2, 0.25) is 0 Å². The van der Waals surface area contributed by atoms with Crippen molar-refractivity contribution in [2.24, 2.45) is 5.92 Å². The van der Waals surface area contributed by atoms with Crippen LogP contribution >= 0.6 is 15.9 Å². The number of esters is 3. The maximum absolute atomic E-state index is 13.9. The quantitative estimate of drug-likeness (QED) is 0.00634. The predicted molar refractivity (Wildman–Crippen MR) is 500 cm³/mol. The molecule has 0 aliphatic heterocycles. The van der Waals surface area contributed by atoms with E-state index in [0.29, 0.717) is 108 Å². The summed E-state index contributed by atoms with van der Waals surface area (Å²) in [5.41, 5.74) is 2.29. The summed E-state index contributed by atoms with van der Waals surface area (Å²) in [5.74, 6) is 2.37. The summed E-state index contributed by atoms with van der Waals surface area (Å²) in [7, 11) is 0.705. The van der Waals surface area contributed by atoms with Crippen molar-refractivity contribution in [3.05, 3.63) is 127 Å². The number of alkyl halides is 1. The van der Waals surface area contributed by atoms with Crippen molar-refractivity contribution in [1.29, 1.82) is 0 Å². The van der Waals surface area contributed by atoms with E-state index in [2.05, 4.69) is 177 Å². The number of aryl methyl sites for hydroxylation is 1. The van der Waals surface area contributed by atoms with Crippen molar-refractivity contribution < 1.29 is 183 Å². The monoisotopic (exact) mass is 2020 g/mol. The normalized spacial score (nSPS) is 12.9. The van der Waals surface area contributed by atoms with Crippen LogP contribution in [-0.2, 0) is 115 Å². The Balaban J connectivity index is -0.000000963. The first-order valence-corrected chi connectivity index (χ1v) is 50.3. The Labute approximate surface area is 835 Å². The van der Waals surface area contributed by atoms with Gasteiger partial charge in [-0.15, -0.1) is 0 Å². The third-order valence-corrected chi connectivity index (χ3v) is 30.0. The molecule has 4 aromatic rings. The molecule has 0 aliphatic rings. The summed E-state index contributed by atoms with van der Waals surface area (Å²) in [6.45, 7) is 64.6. The zero-order valence-corrected chi connectivity index (χ0v) is 93.2. The number of carbonyl (C=O) groups excluding carboxylic acids is 3. The fraction of sp³-hybridized carbons (Fsp3) is 0.705. The van der Waals surface area contributed by atoms with Crippen molar-refractivity contribution in [3.8, 4) is 23.0 Å². The number of benzene rings is 4. The molecule has 1 radical (unpaired) electrons. The number of unbranched alkanes of at least 4 members (excludes halogenated alkanes) is 1. The van der Waals surface area contributed by atoms with Gasteiger partial charge in [0.1, 0.15) is 45.1 Å². The van der Waals surface area contributed by atoms with Crippen LogP contribution in [0.3, 0.4) is 0 Å². The molecule has 0 fully saturated rings. The molecular formula is C95H168BrIKN4O19Si2V-. The molecule has 711 valence electrons. The first kappa shape index (κ1) is 128. The Morgan fingerprint density at radius 1 is 0.460 bits per heavy atom. The fourth-order valence-electron chi connectivity index (χ4n) is 12.2. The summed E-state index contributed by atoms with van der Waals surface area (Å²) >= 11 is 2.99. The molecule has 124 heavy (non-hydrogen) atoms. The molecule has 0 heterocycles. The molecule has 0 bridgehead atoms. The topological polar surface area (TPSA) is 221 Å². The molecule has 1 N–H and O–H groups in total. The fourth-order valence-corrected chi connectivity index (χ4v) is 14.4. The van der Waals surface area contributed by atoms with Crippen molar-refractivity contribution >= 4 is 50.5 Å². The summed E-state index contributed by atoms with van der Waals surface area (Å²) in [6, 6.07) is 32.9. The third-order valence-electron chi connectivity index (χ3n) is 20.5. The third kappa shape index (κ3) is 56.7. The number of hydrogen-bond acceptors (Lipinski definition) is 23. The minimum Gasteiger partial charge on any atom is -1.00 e. The van der Waals surface area contributed by atoms with Crippen LogP contribution in [0.5, 0.6) is 23.0 Å². The van der Waals surface area contributed by atoms with Crippen LogP contribution in [0.25, 0.3) is 0 Å². The van der Waals surface area contributed by atoms with E-state index in [0.717, 1.165) is 73.4 Å². The second kappa shape index (κ2) is 68.8. The zero-order chi connectivity index (χ0) is 90.8. The number of nitrogens with one attached hydrogen (secondary N) is 1. The van der Waals surface area contributed by atoms with Crippen molar-refractivity contribution in [2.75, 3.05) is 133 Å². The van der Waals surface area contributed by atoms with E-state index in [4.69, 9.17) is 75.2 Å². The predicted octanol–water partition coefficient (Wildman–Crippen LogP) is 14.1. The molecule has 0 aliphatic carbocycles. The van der Waals surface area contributed by atoms with E-state index >= 15 is 0 Å². The van der Waals surface area contributed by atoms with E-state index in [1.807, 2.05) is 141 Å². The van der Waals surface area contributed by atoms with Gasteiger partial charge in [-0.25, -0.2) is 0 Å². The SMILES string of the molecule is CC(C)(C)OC(=O)CBr.CCCCOCOc1ccccc1CN(CC(=O)OC(C)(C)C)[C@@H](CO[Si](C)(C)C(C)(C)C)[C@H](CC)N(CC(=O)OC(C)(C)C)Cc1ccccc1OCOCCOC.CCN(C(C)C)C(C)C.CC[C@H](NCc1ccccc1OCOCCOC)[C@@H](CCc1ccccc1OCOCCOC)CO[Si](C)(C)C(C)(C)C.[CH3-].[I-].[K+].[V]. The standard InChI is InChI=1S/C46H78N2O10Si.C34H57NO7Si.C8H19N.C6H11BrO2.CH3.HI.K.V/c1-15-17-26-52-34-54-41-25-21-19-23-37(41)30-48(32-43(50)58-45(6,7)8)39(33-56-59(13,14)46(9,10)11)38(16-2)47(31-42(49)57-44(3,4)5)29-36-22-18-20-24-40(36)55-35-53-28-27-51-12;1-9-31(35-24-29-15-11-13-17-33(29)41-27-39-23-21-37-6)30(25-42-43(7,8)34(2,3)4)19-18-28-14-10-12-16-32(28)40-26-38-22-20-36-5;1-6-9(7(2)3)8(4)5;1-6(2,3)9-5(8)4-7;;;;/h18-25,38-39H,15-17,26-35H2,1-14H3;10-17,30-31,35H,9,18-27H2,1-8H3;7-8H,6H2,1-5H3;4H2,1-3H3;1H3;1H;;/q;;;;-1;;+1;/p-1/t38-,39-;30-,31-;;;;;;/m00....../s1. The first-order chi connectivity index (χ1) is 56.3. The Morgan fingerprint density at radius 3 is 1.12 bits per heavy atom. The van der Waals surface area contributed by atoms with Crippen LogP contribution in [-0.4, -0.2) is 229 Å². The zero-order valence-electron chi connectivity index (χ0n) is 82.9. The average Bonchev–Trinajstić information content (AvgIpc) is 0.797. The number of carbonyl (C=O) groups is 3. The van der Waals surface area contributed by atoms with Gasteiger partial charge in [0, 0.05) is 113 Å². The van der Waals surface area contributed by atoms with Gasteiger partial charge in [-0.1, -0.05) is 164 Å². The van der Waals surface area contributed by atoms with E-state index in [1.165, 1.54) is 5.56 Å². The molecule has 0 saturated carbocycles. The average molecular weight is 2020 g/mol. The Bertz CT molecular complexity index is 3370. The first-order valence-electron chi connectivity index (χ1n) is 43.3. The van der Waals surface area contributed by atoms with Gasteiger partial charge >= 0.3 is 69.3 Å². The Morgan fingerprint density at radius 2 is 0.798 bits per heavy atom. The van der Waals surface area contributed by atoms with Crippen LogP contribution in [0.1, 0.15) is 214 Å². The van der Waals surface area contributed by atoms with Gasteiger partial charge in [-0.2, -0.15) is 0 Å². The second-order valence-corrected chi connectivity index (χ2v) is 46.7. The minimum atomic E-state index is -2.33. The number of halogens is 2. The van der Waals surface area contributed by atoms with Gasteiger partial charge in [0.25, 0.3) is 0 Å². The van der Waals surface area contributed by atoms with Gasteiger partial charge in [-0.05, 0) is 201 Å². The molecule has 0 amide bonds. The summed E-state index contributed by atoms with van der Waals surface area (Å²) in [6.07, 6.45) is 5.43. The molecule has 4 rings (SSSR count). The smallest absolute Gasteiger partial charge is 1.00 e. The number of ether oxygens (including phenoxy) is 14. The maximum atomic E-state index is 13.9. The number of nitrogens with zero attached hydrogens (tertiary/aromatic N) is 3. The second-order valence-electron chi connectivity index (χ2n) is 36.5. The van der Waals surface area contributed by atoms with E-state index in [9.17, 15) is 14.4 Å². The van der Waals surface area contributed by atoms with Gasteiger partial charge in [0.15, 0.2) is 43.8 Å². The number of para-hydroxylation sites is 4. The number of hydrogen-bond donors (Lipinski definition) is 1. The molecule has 4 atom stereocenters. The molecule has 23 nitrogen and oxygen atoms in total. The molecule has 29 heteroatoms. The molecule has 0 unspecified atom stereocenters. The van der Waals surface area contributed by atoms with E-state index in [1.54, 1.807) is 21.3 Å². The summed E-state index contributed by atoms with van der Waals surface area (Å²) < 4.78 is 92.7. The maximum Gasteiger partial charge on any atom is 1.00 e. The Kier molecular flexibility index (Phi) is 71.1. The van der Waals surface area contributed by atoms with Crippen molar-refractivity contribution in [1.82, 2.24) is 20.0 Å². The van der Waals surface area contributed by atoms with Crippen LogP contribution in [0.15, 0.2) is 97.1 Å². The van der Waals surface area contributed by atoms with Gasteiger partial charge in [-0.3, -0.25) is 29.1 Å². The molecule has 0 spiro atoms.